The van der Waals surface area contributed by atoms with Gasteiger partial charge in [0.1, 0.15) is 12.6 Å². The van der Waals surface area contributed by atoms with Crippen LogP contribution in [0.4, 0.5) is 0 Å². The molecule has 1 unspecified atom stereocenters. The van der Waals surface area contributed by atoms with Crippen molar-refractivity contribution in [3.63, 3.8) is 0 Å². The van der Waals surface area contributed by atoms with Gasteiger partial charge >= 0.3 is 0 Å². The van der Waals surface area contributed by atoms with Crippen LogP contribution < -0.4 is 5.11 Å². The number of carbonyl (C=O) groups is 1. The number of hydrogen-bond donors (Lipinski definition) is 1. The standard InChI is InChI=1S/C23H47NO3/c1-4-5-6-7-8-9-10-11-12-13-15-18-22(25)21-24(2,3)20-17-14-16-19-23(26)27/h22,25H,4-21H2,1-3H3. The van der Waals surface area contributed by atoms with E-state index < -0.39 is 5.97 Å². The average molecular weight is 386 g/mol. The lowest BCUT2D eigenvalue weighted by atomic mass is 10.0. The second-order valence-corrected chi connectivity index (χ2v) is 9.00. The fraction of sp³-hybridized carbons (Fsp3) is 0.957. The molecule has 0 bridgehead atoms. The van der Waals surface area contributed by atoms with E-state index >= 15 is 0 Å². The fourth-order valence-corrected chi connectivity index (χ4v) is 3.78. The molecule has 27 heavy (non-hydrogen) atoms. The highest BCUT2D eigenvalue weighted by atomic mass is 16.4. The van der Waals surface area contributed by atoms with E-state index in [1.165, 1.54) is 64.2 Å². The number of carboxylic acid groups (broad SMARTS) is 1. The number of aliphatic hydroxyl groups excluding tert-OH is 1. The Morgan fingerprint density at radius 2 is 1.30 bits per heavy atom. The summed E-state index contributed by atoms with van der Waals surface area (Å²) in [4.78, 5) is 10.4. The highest BCUT2D eigenvalue weighted by Crippen LogP contribution is 2.14. The molecule has 0 fully saturated rings. The van der Waals surface area contributed by atoms with Crippen LogP contribution in [0.1, 0.15) is 110 Å². The number of rotatable bonds is 20. The van der Waals surface area contributed by atoms with E-state index in [1.807, 2.05) is 0 Å². The molecule has 0 heterocycles. The lowest BCUT2D eigenvalue weighted by Crippen LogP contribution is -2.46. The molecule has 4 nitrogen and oxygen atoms in total. The largest absolute Gasteiger partial charge is 0.550 e. The zero-order valence-electron chi connectivity index (χ0n) is 18.5. The first-order valence-electron chi connectivity index (χ1n) is 11.6. The molecule has 0 aliphatic rings. The van der Waals surface area contributed by atoms with E-state index in [0.717, 1.165) is 43.3 Å². The Kier molecular flexibility index (Phi) is 17.1. The van der Waals surface area contributed by atoms with Crippen molar-refractivity contribution in [3.05, 3.63) is 0 Å². The van der Waals surface area contributed by atoms with Crippen molar-refractivity contribution in [2.24, 2.45) is 0 Å². The molecule has 1 N–H and O–H groups in total. The summed E-state index contributed by atoms with van der Waals surface area (Å²) < 4.78 is 0.810. The average Bonchev–Trinajstić information content (AvgIpc) is 2.58. The molecule has 4 heteroatoms. The van der Waals surface area contributed by atoms with Gasteiger partial charge in [-0.2, -0.15) is 0 Å². The summed E-state index contributed by atoms with van der Waals surface area (Å²) in [6, 6.07) is 0. The fourth-order valence-electron chi connectivity index (χ4n) is 3.78. The Balaban J connectivity index is 3.50. The first kappa shape index (κ1) is 26.4. The van der Waals surface area contributed by atoms with E-state index in [9.17, 15) is 15.0 Å². The SMILES string of the molecule is CCCCCCCCCCCCCC(O)C[N+](C)(C)CCCCCC(=O)[O-]. The zero-order chi connectivity index (χ0) is 20.4. The van der Waals surface area contributed by atoms with Gasteiger partial charge in [0.25, 0.3) is 0 Å². The second kappa shape index (κ2) is 17.5. The van der Waals surface area contributed by atoms with Gasteiger partial charge in [-0.1, -0.05) is 77.6 Å². The third-order valence-electron chi connectivity index (χ3n) is 5.49. The van der Waals surface area contributed by atoms with Crippen molar-refractivity contribution in [1.82, 2.24) is 0 Å². The predicted molar refractivity (Wildman–Crippen MR) is 112 cm³/mol. The molecule has 0 spiro atoms. The van der Waals surface area contributed by atoms with Gasteiger partial charge in [0.2, 0.25) is 0 Å². The molecule has 0 aliphatic carbocycles. The summed E-state index contributed by atoms with van der Waals surface area (Å²) in [6.07, 6.45) is 18.2. The van der Waals surface area contributed by atoms with E-state index in [2.05, 4.69) is 21.0 Å². The third-order valence-corrected chi connectivity index (χ3v) is 5.49. The molecular weight excluding hydrogens is 338 g/mol. The maximum atomic E-state index is 10.4. The minimum absolute atomic E-state index is 0.162. The van der Waals surface area contributed by atoms with Gasteiger partial charge in [0, 0.05) is 5.97 Å². The summed E-state index contributed by atoms with van der Waals surface area (Å²) in [5.41, 5.74) is 0. The summed E-state index contributed by atoms with van der Waals surface area (Å²) >= 11 is 0. The smallest absolute Gasteiger partial charge is 0.105 e. The second-order valence-electron chi connectivity index (χ2n) is 9.00. The van der Waals surface area contributed by atoms with Crippen LogP contribution in [0.3, 0.4) is 0 Å². The van der Waals surface area contributed by atoms with Crippen molar-refractivity contribution in [2.75, 3.05) is 27.2 Å². The highest BCUT2D eigenvalue weighted by molar-refractivity contribution is 5.63. The zero-order valence-corrected chi connectivity index (χ0v) is 18.5. The summed E-state index contributed by atoms with van der Waals surface area (Å²) in [7, 11) is 4.31. The van der Waals surface area contributed by atoms with Crippen LogP contribution in [0.15, 0.2) is 0 Å². The first-order valence-corrected chi connectivity index (χ1v) is 11.6. The molecular formula is C23H47NO3. The maximum absolute atomic E-state index is 10.4. The number of quaternary nitrogens is 1. The number of aliphatic carboxylic acids is 1. The monoisotopic (exact) mass is 385 g/mol. The number of unbranched alkanes of at least 4 members (excludes halogenated alkanes) is 12. The van der Waals surface area contributed by atoms with Crippen molar-refractivity contribution < 1.29 is 19.5 Å². The van der Waals surface area contributed by atoms with Crippen molar-refractivity contribution in [1.29, 1.82) is 0 Å². The third kappa shape index (κ3) is 19.9. The maximum Gasteiger partial charge on any atom is 0.105 e. The van der Waals surface area contributed by atoms with Gasteiger partial charge in [-0.15, -0.1) is 0 Å². The van der Waals surface area contributed by atoms with Crippen LogP contribution in [-0.2, 0) is 4.79 Å². The van der Waals surface area contributed by atoms with Crippen LogP contribution in [-0.4, -0.2) is 48.8 Å². The Hall–Kier alpha value is -0.610. The predicted octanol–water partition coefficient (Wildman–Crippen LogP) is 4.44. The Morgan fingerprint density at radius 3 is 1.81 bits per heavy atom. The molecule has 162 valence electrons. The van der Waals surface area contributed by atoms with Crippen LogP contribution >= 0.6 is 0 Å². The van der Waals surface area contributed by atoms with E-state index in [-0.39, 0.29) is 12.5 Å². The molecule has 0 aromatic heterocycles. The number of hydrogen-bond acceptors (Lipinski definition) is 3. The van der Waals surface area contributed by atoms with Crippen LogP contribution in [0.5, 0.6) is 0 Å². The van der Waals surface area contributed by atoms with Crippen molar-refractivity contribution in [3.8, 4) is 0 Å². The van der Waals surface area contributed by atoms with Gasteiger partial charge < -0.3 is 19.5 Å². The normalized spacial score (nSPS) is 13.0. The van der Waals surface area contributed by atoms with Crippen LogP contribution in [0.25, 0.3) is 0 Å². The molecule has 0 saturated carbocycles. The molecule has 0 aromatic carbocycles. The quantitative estimate of drug-likeness (QED) is 0.249. The minimum atomic E-state index is -0.953. The Labute approximate surface area is 168 Å². The number of carboxylic acids is 1. The molecule has 0 aliphatic heterocycles. The van der Waals surface area contributed by atoms with E-state index in [0.29, 0.717) is 6.42 Å². The Morgan fingerprint density at radius 1 is 0.815 bits per heavy atom. The van der Waals surface area contributed by atoms with Crippen LogP contribution in [0.2, 0.25) is 0 Å². The summed E-state index contributed by atoms with van der Waals surface area (Å²) in [5, 5.41) is 20.7. The van der Waals surface area contributed by atoms with Crippen LogP contribution in [0, 0.1) is 0 Å². The number of aliphatic hydroxyl groups is 1. The Bertz CT molecular complexity index is 345. The van der Waals surface area contributed by atoms with Gasteiger partial charge in [0.15, 0.2) is 0 Å². The van der Waals surface area contributed by atoms with E-state index in [1.54, 1.807) is 0 Å². The molecule has 1 atom stereocenters. The molecule has 0 rings (SSSR count). The number of nitrogens with zero attached hydrogens (tertiary/aromatic N) is 1. The van der Waals surface area contributed by atoms with E-state index in [4.69, 9.17) is 0 Å². The number of carbonyl (C=O) groups excluding carboxylic acids is 1. The topological polar surface area (TPSA) is 60.4 Å². The van der Waals surface area contributed by atoms with Gasteiger partial charge in [-0.25, -0.2) is 0 Å². The lowest BCUT2D eigenvalue weighted by Gasteiger charge is -2.32. The first-order chi connectivity index (χ1) is 12.9. The molecule has 0 radical (unpaired) electrons. The summed E-state index contributed by atoms with van der Waals surface area (Å²) in [5.74, 6) is -0.953. The number of likely N-dealkylation sites (N-methyl/N-ethyl adjacent to an activating group) is 1. The minimum Gasteiger partial charge on any atom is -0.550 e. The van der Waals surface area contributed by atoms with Gasteiger partial charge in [-0.3, -0.25) is 0 Å². The van der Waals surface area contributed by atoms with Gasteiger partial charge in [-0.05, 0) is 32.1 Å². The highest BCUT2D eigenvalue weighted by Gasteiger charge is 2.19. The van der Waals surface area contributed by atoms with Crippen molar-refractivity contribution in [2.45, 2.75) is 116 Å². The molecule has 0 saturated heterocycles. The molecule has 0 aromatic rings. The van der Waals surface area contributed by atoms with Gasteiger partial charge in [0.05, 0.1) is 20.6 Å². The summed E-state index contributed by atoms with van der Waals surface area (Å²) in [6.45, 7) is 4.04. The molecule has 0 amide bonds. The van der Waals surface area contributed by atoms with Crippen molar-refractivity contribution >= 4 is 5.97 Å². The lowest BCUT2D eigenvalue weighted by molar-refractivity contribution is -0.893.